The number of hydrogen-bond donors (Lipinski definition) is 2. The Morgan fingerprint density at radius 2 is 2.00 bits per heavy atom. The summed E-state index contributed by atoms with van der Waals surface area (Å²) in [6.07, 6.45) is -0.278. The molecule has 1 unspecified atom stereocenters. The number of rotatable bonds is 3. The minimum Gasteiger partial charge on any atom is -0.393 e. The normalized spacial score (nSPS) is 38.0. The topological polar surface area (TPSA) is 58.9 Å². The van der Waals surface area contributed by atoms with Crippen molar-refractivity contribution in [1.29, 1.82) is 0 Å². The molecule has 0 bridgehead atoms. The van der Waals surface area contributed by atoms with E-state index in [4.69, 9.17) is 27.5 Å². The minimum atomic E-state index is -0.958. The molecule has 0 saturated carbocycles. The van der Waals surface area contributed by atoms with Gasteiger partial charge in [-0.05, 0) is 0 Å². The van der Waals surface area contributed by atoms with E-state index in [0.717, 1.165) is 0 Å². The fraction of sp³-hybridized carbons (Fsp3) is 1.00. The smallest absolute Gasteiger partial charge is 0.119 e. The Bertz CT molecular complexity index is 172. The molecular weight excluding hydrogens is 171 g/mol. The third kappa shape index (κ3) is 1.61. The van der Waals surface area contributed by atoms with Crippen LogP contribution in [0, 0.1) is 5.92 Å². The van der Waals surface area contributed by atoms with Gasteiger partial charge in [-0.2, -0.15) is 0 Å². The molecule has 1 saturated heterocycles. The van der Waals surface area contributed by atoms with E-state index >= 15 is 0 Å². The van der Waals surface area contributed by atoms with Gasteiger partial charge in [-0.3, -0.25) is 0 Å². The van der Waals surface area contributed by atoms with Crippen molar-refractivity contribution < 1.29 is 19.7 Å². The number of ether oxygens (including phenoxy) is 2. The zero-order valence-electron chi connectivity index (χ0n) is 7.93. The first-order valence-corrected chi connectivity index (χ1v) is 4.29. The van der Waals surface area contributed by atoms with Gasteiger partial charge >= 0.3 is 0 Å². The summed E-state index contributed by atoms with van der Waals surface area (Å²) in [5.74, 6) is -0.123. The van der Waals surface area contributed by atoms with Crippen molar-refractivity contribution in [2.45, 2.75) is 24.6 Å². The summed E-state index contributed by atoms with van der Waals surface area (Å²) >= 11 is 0. The van der Waals surface area contributed by atoms with Crippen LogP contribution in [0.4, 0.5) is 0 Å². The molecule has 0 aliphatic carbocycles. The van der Waals surface area contributed by atoms with Crippen molar-refractivity contribution in [2.75, 3.05) is 20.3 Å². The maximum Gasteiger partial charge on any atom is 0.119 e. The molecule has 0 aromatic heterocycles. The van der Waals surface area contributed by atoms with E-state index in [1.165, 1.54) is 7.11 Å². The van der Waals surface area contributed by atoms with Gasteiger partial charge in [-0.1, -0.05) is 6.92 Å². The Kier molecular flexibility index (Phi) is 3.35. The fourth-order valence-electron chi connectivity index (χ4n) is 1.78. The van der Waals surface area contributed by atoms with Crippen LogP contribution in [0.2, 0.25) is 0 Å². The highest BCUT2D eigenvalue weighted by Crippen LogP contribution is 2.36. The molecule has 1 aliphatic rings. The highest BCUT2D eigenvalue weighted by atomic mass is 16.6. The summed E-state index contributed by atoms with van der Waals surface area (Å²) in [7, 11) is 7.17. The van der Waals surface area contributed by atoms with Crippen LogP contribution in [-0.4, -0.2) is 56.1 Å². The van der Waals surface area contributed by atoms with Crippen molar-refractivity contribution in [2.24, 2.45) is 5.92 Å². The first kappa shape index (κ1) is 11.0. The van der Waals surface area contributed by atoms with Crippen LogP contribution in [0.15, 0.2) is 0 Å². The van der Waals surface area contributed by atoms with Gasteiger partial charge in [0, 0.05) is 19.0 Å². The summed E-state index contributed by atoms with van der Waals surface area (Å²) in [5.41, 5.74) is -0.958. The van der Waals surface area contributed by atoms with Crippen LogP contribution in [0.5, 0.6) is 0 Å². The molecule has 3 atom stereocenters. The Hall–Kier alpha value is -0.0951. The number of aliphatic hydroxyl groups is 2. The molecule has 0 aromatic carbocycles. The third-order valence-electron chi connectivity index (χ3n) is 2.82. The van der Waals surface area contributed by atoms with E-state index in [0.29, 0.717) is 0 Å². The van der Waals surface area contributed by atoms with Crippen LogP contribution in [0.25, 0.3) is 0 Å². The predicted molar refractivity (Wildman–Crippen MR) is 47.5 cm³/mol. The summed E-state index contributed by atoms with van der Waals surface area (Å²) in [6.45, 7) is 1.34. The van der Waals surface area contributed by atoms with E-state index in [2.05, 4.69) is 0 Å². The van der Waals surface area contributed by atoms with Gasteiger partial charge in [0.2, 0.25) is 0 Å². The quantitative estimate of drug-likeness (QED) is 0.548. The molecular formula is C8H15BO4. The molecule has 74 valence electrons. The average Bonchev–Trinajstić information content (AvgIpc) is 2.38. The van der Waals surface area contributed by atoms with Crippen LogP contribution in [0.1, 0.15) is 6.92 Å². The Balaban J connectivity index is 2.80. The molecule has 2 radical (unpaired) electrons. The SMILES string of the molecule is [B][C@@H]1OC(CO)(CO)[C@H](C)C1OC. The maximum absolute atomic E-state index is 9.12. The standard InChI is InChI=1S/C8H15BO4/c1-5-6(12-2)7(9)13-8(5,3-10)4-11/h5-7,10-11H,3-4H2,1-2H3/t5-,6?,7-/m1/s1. The molecule has 2 N–H and O–H groups in total. The second-order valence-corrected chi connectivity index (χ2v) is 3.45. The number of aliphatic hydroxyl groups excluding tert-OH is 2. The van der Waals surface area contributed by atoms with E-state index in [-0.39, 0.29) is 25.2 Å². The molecule has 0 amide bonds. The minimum absolute atomic E-state index is 0.123. The molecule has 0 aromatic rings. The highest BCUT2D eigenvalue weighted by Gasteiger charge is 2.50. The van der Waals surface area contributed by atoms with Gasteiger partial charge < -0.3 is 19.7 Å². The van der Waals surface area contributed by atoms with Crippen LogP contribution < -0.4 is 0 Å². The first-order valence-electron chi connectivity index (χ1n) is 4.29. The number of hydrogen-bond acceptors (Lipinski definition) is 4. The van der Waals surface area contributed by atoms with Crippen LogP contribution >= 0.6 is 0 Å². The van der Waals surface area contributed by atoms with Crippen molar-refractivity contribution >= 4 is 7.85 Å². The Labute approximate surface area is 79.3 Å². The zero-order valence-corrected chi connectivity index (χ0v) is 7.93. The second-order valence-electron chi connectivity index (χ2n) is 3.45. The molecule has 1 aliphatic heterocycles. The summed E-state index contributed by atoms with van der Waals surface area (Å²) in [5, 5.41) is 18.2. The average molecular weight is 186 g/mol. The Morgan fingerprint density at radius 3 is 2.23 bits per heavy atom. The summed E-state index contributed by atoms with van der Waals surface area (Å²) < 4.78 is 10.4. The van der Waals surface area contributed by atoms with Gasteiger partial charge in [-0.25, -0.2) is 0 Å². The fourth-order valence-corrected chi connectivity index (χ4v) is 1.78. The molecule has 1 rings (SSSR count). The van der Waals surface area contributed by atoms with Gasteiger partial charge in [0.05, 0.1) is 19.3 Å². The van der Waals surface area contributed by atoms with Gasteiger partial charge in [0.15, 0.2) is 0 Å². The van der Waals surface area contributed by atoms with Crippen molar-refractivity contribution in [1.82, 2.24) is 0 Å². The zero-order chi connectivity index (χ0) is 10.1. The van der Waals surface area contributed by atoms with E-state index in [9.17, 15) is 0 Å². The first-order chi connectivity index (χ1) is 6.11. The van der Waals surface area contributed by atoms with E-state index in [1.807, 2.05) is 6.92 Å². The summed E-state index contributed by atoms with van der Waals surface area (Å²) in [6, 6.07) is -0.584. The monoisotopic (exact) mass is 186 g/mol. The van der Waals surface area contributed by atoms with Crippen LogP contribution in [-0.2, 0) is 9.47 Å². The van der Waals surface area contributed by atoms with Crippen LogP contribution in [0.3, 0.4) is 0 Å². The highest BCUT2D eigenvalue weighted by molar-refractivity contribution is 6.11. The lowest BCUT2D eigenvalue weighted by Gasteiger charge is -2.29. The predicted octanol–water partition coefficient (Wildman–Crippen LogP) is -1.11. The molecule has 1 fully saturated rings. The molecule has 5 heteroatoms. The van der Waals surface area contributed by atoms with Crippen molar-refractivity contribution in [3.63, 3.8) is 0 Å². The lowest BCUT2D eigenvalue weighted by Crippen LogP contribution is -2.44. The summed E-state index contributed by atoms with van der Waals surface area (Å²) in [4.78, 5) is 0. The lowest BCUT2D eigenvalue weighted by atomic mass is 9.83. The second kappa shape index (κ2) is 3.96. The largest absolute Gasteiger partial charge is 0.393 e. The molecule has 1 heterocycles. The van der Waals surface area contributed by atoms with E-state index < -0.39 is 11.6 Å². The molecule has 4 nitrogen and oxygen atoms in total. The molecule has 0 spiro atoms. The van der Waals surface area contributed by atoms with Gasteiger partial charge in [0.1, 0.15) is 13.4 Å². The Morgan fingerprint density at radius 1 is 1.46 bits per heavy atom. The van der Waals surface area contributed by atoms with Crippen molar-refractivity contribution in [3.8, 4) is 0 Å². The maximum atomic E-state index is 9.12. The van der Waals surface area contributed by atoms with Crippen molar-refractivity contribution in [3.05, 3.63) is 0 Å². The van der Waals surface area contributed by atoms with Gasteiger partial charge in [-0.15, -0.1) is 0 Å². The lowest BCUT2D eigenvalue weighted by molar-refractivity contribution is -0.0991. The van der Waals surface area contributed by atoms with E-state index in [1.54, 1.807) is 0 Å². The van der Waals surface area contributed by atoms with Gasteiger partial charge in [0.25, 0.3) is 0 Å². The third-order valence-corrected chi connectivity index (χ3v) is 2.82. The number of methoxy groups -OCH3 is 1. The molecule has 13 heavy (non-hydrogen) atoms.